The molecule has 1 N–H and O–H groups in total. The lowest BCUT2D eigenvalue weighted by molar-refractivity contribution is 1.01. The molecule has 0 aliphatic carbocycles. The minimum atomic E-state index is -0.207. The fourth-order valence-corrected chi connectivity index (χ4v) is 1.68. The quantitative estimate of drug-likeness (QED) is 0.657. The minimum Gasteiger partial charge on any atom is -0.290 e. The zero-order valence-electron chi connectivity index (χ0n) is 8.29. The average molecular weight is 212 g/mol. The Morgan fingerprint density at radius 3 is 2.81 bits per heavy atom. The van der Waals surface area contributed by atoms with Gasteiger partial charge in [0, 0.05) is 0 Å². The van der Waals surface area contributed by atoms with E-state index < -0.39 is 0 Å². The molecule has 0 aliphatic heterocycles. The van der Waals surface area contributed by atoms with Gasteiger partial charge in [0.1, 0.15) is 11.8 Å². The molecule has 78 valence electrons. The Kier molecular flexibility index (Phi) is 1.83. The van der Waals surface area contributed by atoms with Crippen LogP contribution in [0.15, 0.2) is 47.7 Å². The highest BCUT2D eigenvalue weighted by molar-refractivity contribution is 5.71. The molecule has 0 radical (unpaired) electrons. The van der Waals surface area contributed by atoms with Crippen LogP contribution in [0.3, 0.4) is 0 Å². The van der Waals surface area contributed by atoms with E-state index in [0.717, 1.165) is 5.69 Å². The van der Waals surface area contributed by atoms with E-state index in [1.165, 1.54) is 6.33 Å². The first-order valence-corrected chi connectivity index (χ1v) is 4.82. The van der Waals surface area contributed by atoms with Crippen molar-refractivity contribution >= 4 is 11.2 Å². The third-order valence-corrected chi connectivity index (χ3v) is 2.38. The molecule has 2 aromatic heterocycles. The normalized spacial score (nSPS) is 10.8. The van der Waals surface area contributed by atoms with Crippen LogP contribution >= 0.6 is 0 Å². The van der Waals surface area contributed by atoms with Gasteiger partial charge in [-0.1, -0.05) is 18.2 Å². The molecule has 0 bridgehead atoms. The summed E-state index contributed by atoms with van der Waals surface area (Å²) in [6.45, 7) is 0. The lowest BCUT2D eigenvalue weighted by atomic mass is 10.3. The smallest absolute Gasteiger partial charge is 0.290 e. The number of H-pyrrole nitrogens is 1. The number of nitrogens with one attached hydrogen (secondary N) is 1. The van der Waals surface area contributed by atoms with Crippen LogP contribution in [0.2, 0.25) is 0 Å². The molecule has 5 nitrogen and oxygen atoms in total. The Morgan fingerprint density at radius 1 is 1.19 bits per heavy atom. The van der Waals surface area contributed by atoms with Gasteiger partial charge in [-0.15, -0.1) is 0 Å². The SMILES string of the molecule is O=c1[nH]c2ncncc2n1-c1ccccc1. The van der Waals surface area contributed by atoms with Crippen LogP contribution in [-0.4, -0.2) is 19.5 Å². The fraction of sp³-hybridized carbons (Fsp3) is 0. The highest BCUT2D eigenvalue weighted by Gasteiger charge is 2.08. The summed E-state index contributed by atoms with van der Waals surface area (Å²) in [5.74, 6) is 0. The van der Waals surface area contributed by atoms with Crippen LogP contribution in [0.5, 0.6) is 0 Å². The van der Waals surface area contributed by atoms with Crippen molar-refractivity contribution in [2.75, 3.05) is 0 Å². The Labute approximate surface area is 90.4 Å². The van der Waals surface area contributed by atoms with E-state index in [-0.39, 0.29) is 5.69 Å². The predicted molar refractivity (Wildman–Crippen MR) is 59.5 cm³/mol. The highest BCUT2D eigenvalue weighted by Crippen LogP contribution is 2.11. The Bertz CT molecular complexity index is 684. The largest absolute Gasteiger partial charge is 0.332 e. The number of aromatic nitrogens is 4. The van der Waals surface area contributed by atoms with E-state index in [4.69, 9.17) is 0 Å². The first-order valence-electron chi connectivity index (χ1n) is 4.82. The molecule has 0 atom stereocenters. The first kappa shape index (κ1) is 8.84. The number of nitrogens with zero attached hydrogens (tertiary/aromatic N) is 3. The predicted octanol–water partition coefficient (Wildman–Crippen LogP) is 1.11. The molecule has 0 saturated carbocycles. The number of benzene rings is 1. The van der Waals surface area contributed by atoms with Crippen molar-refractivity contribution in [3.05, 3.63) is 53.3 Å². The number of fused-ring (bicyclic) bond motifs is 1. The van der Waals surface area contributed by atoms with Crippen LogP contribution < -0.4 is 5.69 Å². The monoisotopic (exact) mass is 212 g/mol. The maximum Gasteiger partial charge on any atom is 0.332 e. The van der Waals surface area contributed by atoms with Gasteiger partial charge in [0.15, 0.2) is 5.65 Å². The van der Waals surface area contributed by atoms with E-state index in [2.05, 4.69) is 15.0 Å². The molecule has 0 fully saturated rings. The molecule has 0 amide bonds. The number of rotatable bonds is 1. The van der Waals surface area contributed by atoms with Crippen molar-refractivity contribution in [2.45, 2.75) is 0 Å². The summed E-state index contributed by atoms with van der Waals surface area (Å²) >= 11 is 0. The molecule has 0 unspecified atom stereocenters. The van der Waals surface area contributed by atoms with E-state index in [0.29, 0.717) is 11.2 Å². The van der Waals surface area contributed by atoms with E-state index in [1.54, 1.807) is 10.8 Å². The molecule has 2 heterocycles. The summed E-state index contributed by atoms with van der Waals surface area (Å²) in [6.07, 6.45) is 3.03. The van der Waals surface area contributed by atoms with Crippen LogP contribution in [0.25, 0.3) is 16.9 Å². The molecule has 5 heteroatoms. The molecular weight excluding hydrogens is 204 g/mol. The number of hydrogen-bond donors (Lipinski definition) is 1. The lowest BCUT2D eigenvalue weighted by Gasteiger charge is -2.00. The second-order valence-corrected chi connectivity index (χ2v) is 3.36. The third-order valence-electron chi connectivity index (χ3n) is 2.38. The summed E-state index contributed by atoms with van der Waals surface area (Å²) in [5.41, 5.74) is 1.82. The summed E-state index contributed by atoms with van der Waals surface area (Å²) in [6, 6.07) is 9.39. The lowest BCUT2D eigenvalue weighted by Crippen LogP contribution is -2.14. The van der Waals surface area contributed by atoms with E-state index in [1.807, 2.05) is 30.3 Å². The second kappa shape index (κ2) is 3.30. The molecule has 3 aromatic rings. The Hall–Kier alpha value is -2.43. The van der Waals surface area contributed by atoms with Crippen molar-refractivity contribution in [1.82, 2.24) is 19.5 Å². The Morgan fingerprint density at radius 2 is 2.00 bits per heavy atom. The van der Waals surface area contributed by atoms with E-state index >= 15 is 0 Å². The third kappa shape index (κ3) is 1.22. The van der Waals surface area contributed by atoms with Gasteiger partial charge in [0.05, 0.1) is 11.9 Å². The van der Waals surface area contributed by atoms with Gasteiger partial charge in [-0.05, 0) is 12.1 Å². The molecule has 0 aliphatic rings. The van der Waals surface area contributed by atoms with Crippen LogP contribution in [0, 0.1) is 0 Å². The zero-order valence-corrected chi connectivity index (χ0v) is 8.29. The minimum absolute atomic E-state index is 0.207. The summed E-state index contributed by atoms with van der Waals surface area (Å²) in [5, 5.41) is 0. The maximum atomic E-state index is 11.8. The average Bonchev–Trinajstić information content (AvgIpc) is 2.66. The second-order valence-electron chi connectivity index (χ2n) is 3.36. The van der Waals surface area contributed by atoms with Crippen molar-refractivity contribution in [2.24, 2.45) is 0 Å². The topological polar surface area (TPSA) is 63.6 Å². The highest BCUT2D eigenvalue weighted by atomic mass is 16.1. The van der Waals surface area contributed by atoms with Gasteiger partial charge in [-0.3, -0.25) is 9.55 Å². The van der Waals surface area contributed by atoms with Gasteiger partial charge >= 0.3 is 5.69 Å². The van der Waals surface area contributed by atoms with Crippen molar-refractivity contribution in [1.29, 1.82) is 0 Å². The maximum absolute atomic E-state index is 11.8. The van der Waals surface area contributed by atoms with Gasteiger partial charge in [-0.2, -0.15) is 0 Å². The number of para-hydroxylation sites is 1. The number of hydrogen-bond acceptors (Lipinski definition) is 3. The van der Waals surface area contributed by atoms with Gasteiger partial charge < -0.3 is 0 Å². The standard InChI is InChI=1S/C11H8N4O/c16-11-14-10-9(6-12-7-13-10)15(11)8-4-2-1-3-5-8/h1-7H,(H,12,13,14,16). The number of imidazole rings is 1. The van der Waals surface area contributed by atoms with Crippen LogP contribution in [0.4, 0.5) is 0 Å². The number of aromatic amines is 1. The zero-order chi connectivity index (χ0) is 11.0. The van der Waals surface area contributed by atoms with Gasteiger partial charge in [-0.25, -0.2) is 14.8 Å². The summed E-state index contributed by atoms with van der Waals surface area (Å²) in [4.78, 5) is 22.4. The molecular formula is C11H8N4O. The van der Waals surface area contributed by atoms with Crippen LogP contribution in [-0.2, 0) is 0 Å². The summed E-state index contributed by atoms with van der Waals surface area (Å²) in [7, 11) is 0. The van der Waals surface area contributed by atoms with Crippen LogP contribution in [0.1, 0.15) is 0 Å². The fourth-order valence-electron chi connectivity index (χ4n) is 1.68. The molecule has 0 spiro atoms. The first-order chi connectivity index (χ1) is 7.86. The molecule has 16 heavy (non-hydrogen) atoms. The van der Waals surface area contributed by atoms with Gasteiger partial charge in [0.25, 0.3) is 0 Å². The van der Waals surface area contributed by atoms with E-state index in [9.17, 15) is 4.79 Å². The van der Waals surface area contributed by atoms with Crippen molar-refractivity contribution < 1.29 is 0 Å². The molecule has 0 saturated heterocycles. The van der Waals surface area contributed by atoms with Crippen molar-refractivity contribution in [3.63, 3.8) is 0 Å². The molecule has 3 rings (SSSR count). The molecule has 1 aromatic carbocycles. The Balaban J connectivity index is 2.40. The van der Waals surface area contributed by atoms with Gasteiger partial charge in [0.2, 0.25) is 0 Å². The summed E-state index contributed by atoms with van der Waals surface area (Å²) < 4.78 is 1.55. The van der Waals surface area contributed by atoms with Crippen molar-refractivity contribution in [3.8, 4) is 5.69 Å².